The number of benzene rings is 1. The molecule has 0 aliphatic carbocycles. The fourth-order valence-corrected chi connectivity index (χ4v) is 1.74. The Morgan fingerprint density at radius 3 is 2.11 bits per heavy atom. The Bertz CT molecular complexity index is 470. The highest BCUT2D eigenvalue weighted by atomic mass is 19.3. The molecule has 0 bridgehead atoms. The molecule has 3 heteroatoms. The third kappa shape index (κ3) is 4.00. The van der Waals surface area contributed by atoms with E-state index in [1.807, 2.05) is 19.1 Å². The predicted octanol–water partition coefficient (Wildman–Crippen LogP) is 4.58. The molecule has 0 saturated heterocycles. The van der Waals surface area contributed by atoms with Crippen LogP contribution < -0.4 is 5.73 Å². The summed E-state index contributed by atoms with van der Waals surface area (Å²) in [6.45, 7) is 10.2. The average molecular weight is 265 g/mol. The summed E-state index contributed by atoms with van der Waals surface area (Å²) in [5, 5.41) is 0. The van der Waals surface area contributed by atoms with E-state index in [1.165, 1.54) is 12.1 Å². The van der Waals surface area contributed by atoms with Crippen LogP contribution in [0.1, 0.15) is 44.4 Å². The molecule has 0 fully saturated rings. The summed E-state index contributed by atoms with van der Waals surface area (Å²) in [6, 6.07) is 4.75. The monoisotopic (exact) mass is 265 g/mol. The van der Waals surface area contributed by atoms with Gasteiger partial charge in [0, 0.05) is 18.0 Å². The lowest BCUT2D eigenvalue weighted by molar-refractivity contribution is 0.0173. The van der Waals surface area contributed by atoms with E-state index < -0.39 is 11.5 Å². The summed E-state index contributed by atoms with van der Waals surface area (Å²) in [6.07, 6.45) is 3.62. The summed E-state index contributed by atoms with van der Waals surface area (Å²) in [4.78, 5) is 0. The maximum atomic E-state index is 13.6. The number of hydrogen-bond donors (Lipinski definition) is 1. The fourth-order valence-electron chi connectivity index (χ4n) is 1.74. The lowest BCUT2D eigenvalue weighted by Gasteiger charge is -2.23. The van der Waals surface area contributed by atoms with Crippen LogP contribution in [-0.2, 0) is 11.5 Å². The van der Waals surface area contributed by atoms with Crippen molar-refractivity contribution >= 4 is 5.57 Å². The Labute approximate surface area is 113 Å². The highest BCUT2D eigenvalue weighted by molar-refractivity contribution is 5.73. The second-order valence-corrected chi connectivity index (χ2v) is 5.43. The van der Waals surface area contributed by atoms with Crippen molar-refractivity contribution in [2.75, 3.05) is 0 Å². The van der Waals surface area contributed by atoms with Crippen LogP contribution in [-0.4, -0.2) is 0 Å². The molecular weight excluding hydrogens is 244 g/mol. The van der Waals surface area contributed by atoms with Crippen molar-refractivity contribution in [3.8, 4) is 0 Å². The van der Waals surface area contributed by atoms with E-state index in [9.17, 15) is 8.78 Å². The molecule has 0 amide bonds. The third-order valence-corrected chi connectivity index (χ3v) is 2.92. The first-order chi connectivity index (χ1) is 8.55. The van der Waals surface area contributed by atoms with Crippen molar-refractivity contribution in [2.45, 2.75) is 39.2 Å². The summed E-state index contributed by atoms with van der Waals surface area (Å²) in [5.74, 6) is -2.90. The lowest BCUT2D eigenvalue weighted by atomic mass is 9.89. The van der Waals surface area contributed by atoms with Crippen molar-refractivity contribution < 1.29 is 8.78 Å². The fraction of sp³-hybridized carbons (Fsp3) is 0.375. The largest absolute Gasteiger partial charge is 0.322 e. The van der Waals surface area contributed by atoms with Crippen LogP contribution in [0.4, 0.5) is 8.78 Å². The van der Waals surface area contributed by atoms with E-state index >= 15 is 0 Å². The minimum Gasteiger partial charge on any atom is -0.322 e. The zero-order chi connectivity index (χ0) is 14.8. The van der Waals surface area contributed by atoms with Gasteiger partial charge in [-0.3, -0.25) is 0 Å². The van der Waals surface area contributed by atoms with Crippen molar-refractivity contribution in [1.29, 1.82) is 0 Å². The van der Waals surface area contributed by atoms with Gasteiger partial charge in [0.25, 0.3) is 5.92 Å². The first-order valence-corrected chi connectivity index (χ1v) is 6.20. The minimum absolute atomic E-state index is 0.0378. The van der Waals surface area contributed by atoms with E-state index in [4.69, 9.17) is 5.73 Å². The van der Waals surface area contributed by atoms with Crippen molar-refractivity contribution in [1.82, 2.24) is 0 Å². The smallest absolute Gasteiger partial charge is 0.270 e. The van der Waals surface area contributed by atoms with Gasteiger partial charge in [0.1, 0.15) is 0 Å². The van der Waals surface area contributed by atoms with E-state index in [1.54, 1.807) is 19.9 Å². The maximum Gasteiger partial charge on any atom is 0.270 e. The Kier molecular flexibility index (Phi) is 4.31. The molecule has 0 heterocycles. The molecule has 104 valence electrons. The Hall–Kier alpha value is -1.48. The summed E-state index contributed by atoms with van der Waals surface area (Å²) >= 11 is 0. The molecule has 19 heavy (non-hydrogen) atoms. The molecule has 0 aliphatic rings. The van der Waals surface area contributed by atoms with Crippen molar-refractivity contribution in [2.24, 2.45) is 5.73 Å². The number of alkyl halides is 2. The number of halogens is 2. The molecule has 0 spiro atoms. The van der Waals surface area contributed by atoms with Gasteiger partial charge in [-0.2, -0.15) is 0 Å². The van der Waals surface area contributed by atoms with E-state index in [0.717, 1.165) is 6.92 Å². The molecule has 0 aliphatic heterocycles. The van der Waals surface area contributed by atoms with Gasteiger partial charge in [-0.15, -0.1) is 0 Å². The van der Waals surface area contributed by atoms with Gasteiger partial charge in [-0.25, -0.2) is 8.78 Å². The van der Waals surface area contributed by atoms with Gasteiger partial charge in [-0.1, -0.05) is 18.7 Å². The van der Waals surface area contributed by atoms with Crippen molar-refractivity contribution in [3.63, 3.8) is 0 Å². The Balaban J connectivity index is 3.45. The molecule has 0 atom stereocenters. The minimum atomic E-state index is -2.90. The highest BCUT2D eigenvalue weighted by Crippen LogP contribution is 2.32. The predicted molar refractivity (Wildman–Crippen MR) is 77.1 cm³/mol. The third-order valence-electron chi connectivity index (χ3n) is 2.92. The van der Waals surface area contributed by atoms with E-state index in [0.29, 0.717) is 16.7 Å². The first kappa shape index (κ1) is 15.6. The molecule has 2 N–H and O–H groups in total. The normalized spacial score (nSPS) is 13.0. The Morgan fingerprint density at radius 2 is 1.68 bits per heavy atom. The molecule has 1 rings (SSSR count). The zero-order valence-electron chi connectivity index (χ0n) is 11.9. The van der Waals surface area contributed by atoms with Gasteiger partial charge in [-0.05, 0) is 55.7 Å². The second-order valence-electron chi connectivity index (χ2n) is 5.43. The number of allylic oxidation sites excluding steroid dienone is 3. The molecule has 0 aromatic heterocycles. The van der Waals surface area contributed by atoms with Crippen LogP contribution in [0.5, 0.6) is 0 Å². The van der Waals surface area contributed by atoms with E-state index in [2.05, 4.69) is 6.58 Å². The van der Waals surface area contributed by atoms with Gasteiger partial charge in [0.05, 0.1) is 0 Å². The molecule has 0 radical (unpaired) electrons. The number of rotatable bonds is 4. The van der Waals surface area contributed by atoms with Crippen LogP contribution in [0.15, 0.2) is 36.9 Å². The van der Waals surface area contributed by atoms with Crippen LogP contribution >= 0.6 is 0 Å². The maximum absolute atomic E-state index is 13.6. The SMILES string of the molecule is C=C(/C=C\C)c1cc(C(C)(C)N)cc(C(C)(F)F)c1. The molecular formula is C16H21F2N. The quantitative estimate of drug-likeness (QED) is 0.792. The highest BCUT2D eigenvalue weighted by Gasteiger charge is 2.27. The van der Waals surface area contributed by atoms with Crippen LogP contribution in [0.3, 0.4) is 0 Å². The number of hydrogen-bond acceptors (Lipinski definition) is 1. The second kappa shape index (κ2) is 5.25. The molecule has 0 saturated carbocycles. The topological polar surface area (TPSA) is 26.0 Å². The van der Waals surface area contributed by atoms with Gasteiger partial charge < -0.3 is 5.73 Å². The van der Waals surface area contributed by atoms with E-state index in [-0.39, 0.29) is 5.56 Å². The summed E-state index contributed by atoms with van der Waals surface area (Å²) in [7, 11) is 0. The summed E-state index contributed by atoms with van der Waals surface area (Å²) in [5.41, 5.74) is 7.35. The Morgan fingerprint density at radius 1 is 1.16 bits per heavy atom. The van der Waals surface area contributed by atoms with Gasteiger partial charge in [0.15, 0.2) is 0 Å². The van der Waals surface area contributed by atoms with Gasteiger partial charge in [0.2, 0.25) is 0 Å². The molecule has 1 aromatic carbocycles. The standard InChI is InChI=1S/C16H21F2N/c1-6-7-11(2)12-8-13(15(3,4)19)10-14(9-12)16(5,17)18/h6-10H,2,19H2,1,3-5H3/b7-6-. The first-order valence-electron chi connectivity index (χ1n) is 6.20. The molecule has 1 nitrogen and oxygen atoms in total. The number of nitrogens with two attached hydrogens (primary N) is 1. The van der Waals surface area contributed by atoms with Gasteiger partial charge >= 0.3 is 0 Å². The lowest BCUT2D eigenvalue weighted by Crippen LogP contribution is -2.29. The molecule has 1 aromatic rings. The average Bonchev–Trinajstić information content (AvgIpc) is 2.26. The van der Waals surface area contributed by atoms with Crippen LogP contribution in [0.25, 0.3) is 5.57 Å². The van der Waals surface area contributed by atoms with Crippen LogP contribution in [0, 0.1) is 0 Å². The van der Waals surface area contributed by atoms with Crippen molar-refractivity contribution in [3.05, 3.63) is 53.6 Å². The summed E-state index contributed by atoms with van der Waals surface area (Å²) < 4.78 is 27.1. The molecule has 0 unspecified atom stereocenters. The zero-order valence-corrected chi connectivity index (χ0v) is 11.9. The van der Waals surface area contributed by atoms with Crippen LogP contribution in [0.2, 0.25) is 0 Å².